The molecule has 1 heterocycles. The fourth-order valence-corrected chi connectivity index (χ4v) is 1.43. The zero-order chi connectivity index (χ0) is 9.68. The van der Waals surface area contributed by atoms with E-state index in [0.717, 1.165) is 12.8 Å². The quantitative estimate of drug-likeness (QED) is 0.607. The molecule has 1 fully saturated rings. The number of carbonyl (C=O) groups excluding carboxylic acids is 1. The number of rotatable bonds is 3. The normalized spacial score (nSPS) is 21.5. The molecule has 1 atom stereocenters. The molecule has 13 heavy (non-hydrogen) atoms. The number of carbonyl (C=O) groups is 1. The van der Waals surface area contributed by atoms with E-state index in [9.17, 15) is 4.79 Å². The highest BCUT2D eigenvalue weighted by molar-refractivity contribution is 5.79. The number of nitrogens with zero attached hydrogens (tertiary/aromatic N) is 2. The SMILES string of the molecule is CONCC(=O)N1CCCC1C#N. The smallest absolute Gasteiger partial charge is 0.239 e. The molecule has 1 N–H and O–H groups in total. The molecule has 0 aliphatic carbocycles. The molecular weight excluding hydrogens is 170 g/mol. The predicted molar refractivity (Wildman–Crippen MR) is 45.4 cm³/mol. The Hall–Kier alpha value is -1.12. The van der Waals surface area contributed by atoms with E-state index in [0.29, 0.717) is 6.54 Å². The summed E-state index contributed by atoms with van der Waals surface area (Å²) < 4.78 is 0. The summed E-state index contributed by atoms with van der Waals surface area (Å²) in [5.41, 5.74) is 2.47. The first-order chi connectivity index (χ1) is 6.29. The van der Waals surface area contributed by atoms with Gasteiger partial charge in [-0.15, -0.1) is 0 Å². The zero-order valence-corrected chi connectivity index (χ0v) is 7.62. The van der Waals surface area contributed by atoms with Crippen LogP contribution < -0.4 is 5.48 Å². The Balaban J connectivity index is 2.42. The molecule has 0 aromatic carbocycles. The van der Waals surface area contributed by atoms with Crippen molar-refractivity contribution in [3.63, 3.8) is 0 Å². The van der Waals surface area contributed by atoms with Gasteiger partial charge in [0.2, 0.25) is 5.91 Å². The highest BCUT2D eigenvalue weighted by Crippen LogP contribution is 2.15. The second kappa shape index (κ2) is 4.80. The topological polar surface area (TPSA) is 65.4 Å². The molecule has 1 unspecified atom stereocenters. The Labute approximate surface area is 77.2 Å². The van der Waals surface area contributed by atoms with E-state index in [2.05, 4.69) is 16.4 Å². The van der Waals surface area contributed by atoms with Gasteiger partial charge >= 0.3 is 0 Å². The van der Waals surface area contributed by atoms with Crippen molar-refractivity contribution >= 4 is 5.91 Å². The first kappa shape index (κ1) is 9.96. The van der Waals surface area contributed by atoms with Crippen molar-refractivity contribution < 1.29 is 9.63 Å². The van der Waals surface area contributed by atoms with Crippen LogP contribution in [-0.4, -0.2) is 37.0 Å². The number of nitriles is 1. The highest BCUT2D eigenvalue weighted by Gasteiger charge is 2.27. The van der Waals surface area contributed by atoms with Crippen molar-refractivity contribution in [2.24, 2.45) is 0 Å². The van der Waals surface area contributed by atoms with Gasteiger partial charge in [0.25, 0.3) is 0 Å². The molecule has 0 aromatic rings. The van der Waals surface area contributed by atoms with E-state index in [-0.39, 0.29) is 18.5 Å². The largest absolute Gasteiger partial charge is 0.325 e. The lowest BCUT2D eigenvalue weighted by Crippen LogP contribution is -2.40. The minimum absolute atomic E-state index is 0.0779. The van der Waals surface area contributed by atoms with Gasteiger partial charge < -0.3 is 9.74 Å². The summed E-state index contributed by atoms with van der Waals surface area (Å²) in [5, 5.41) is 8.72. The maximum absolute atomic E-state index is 11.4. The average molecular weight is 183 g/mol. The van der Waals surface area contributed by atoms with Gasteiger partial charge in [-0.05, 0) is 12.8 Å². The number of hydrogen-bond acceptors (Lipinski definition) is 4. The van der Waals surface area contributed by atoms with E-state index in [1.165, 1.54) is 7.11 Å². The van der Waals surface area contributed by atoms with Gasteiger partial charge in [0, 0.05) is 6.54 Å². The molecule has 0 saturated carbocycles. The van der Waals surface area contributed by atoms with E-state index >= 15 is 0 Å². The molecule has 0 aromatic heterocycles. The Morgan fingerprint density at radius 3 is 3.23 bits per heavy atom. The van der Waals surface area contributed by atoms with Crippen LogP contribution in [0.2, 0.25) is 0 Å². The first-order valence-corrected chi connectivity index (χ1v) is 4.24. The fourth-order valence-electron chi connectivity index (χ4n) is 1.43. The van der Waals surface area contributed by atoms with Crippen LogP contribution in [0.3, 0.4) is 0 Å². The van der Waals surface area contributed by atoms with Crippen LogP contribution in [0.5, 0.6) is 0 Å². The molecule has 5 heteroatoms. The Morgan fingerprint density at radius 2 is 2.62 bits per heavy atom. The van der Waals surface area contributed by atoms with Crippen LogP contribution in [0.25, 0.3) is 0 Å². The van der Waals surface area contributed by atoms with Crippen molar-refractivity contribution in [2.75, 3.05) is 20.2 Å². The predicted octanol–water partition coefficient (Wildman–Crippen LogP) is -0.348. The molecule has 1 amide bonds. The van der Waals surface area contributed by atoms with Crippen LogP contribution in [-0.2, 0) is 9.63 Å². The third-order valence-electron chi connectivity index (χ3n) is 2.09. The van der Waals surface area contributed by atoms with E-state index in [1.807, 2.05) is 0 Å². The lowest BCUT2D eigenvalue weighted by atomic mass is 10.2. The van der Waals surface area contributed by atoms with Gasteiger partial charge in [-0.2, -0.15) is 10.7 Å². The summed E-state index contributed by atoms with van der Waals surface area (Å²) in [6, 6.07) is 1.86. The van der Waals surface area contributed by atoms with Gasteiger partial charge in [0.05, 0.1) is 13.2 Å². The number of hydrogen-bond donors (Lipinski definition) is 1. The molecule has 1 aliphatic rings. The summed E-state index contributed by atoms with van der Waals surface area (Å²) >= 11 is 0. The Bertz CT molecular complexity index is 224. The van der Waals surface area contributed by atoms with Crippen molar-refractivity contribution in [3.05, 3.63) is 0 Å². The second-order valence-corrected chi connectivity index (χ2v) is 2.90. The van der Waals surface area contributed by atoms with Crippen LogP contribution in [0.1, 0.15) is 12.8 Å². The summed E-state index contributed by atoms with van der Waals surface area (Å²) in [5.74, 6) is -0.0779. The zero-order valence-electron chi connectivity index (χ0n) is 7.62. The van der Waals surface area contributed by atoms with Gasteiger partial charge in [0.1, 0.15) is 12.6 Å². The summed E-state index contributed by atoms with van der Waals surface area (Å²) in [4.78, 5) is 17.6. The molecule has 5 nitrogen and oxygen atoms in total. The average Bonchev–Trinajstić information content (AvgIpc) is 2.61. The molecule has 1 aliphatic heterocycles. The fraction of sp³-hybridized carbons (Fsp3) is 0.750. The minimum Gasteiger partial charge on any atom is -0.325 e. The number of nitrogens with one attached hydrogen (secondary N) is 1. The van der Waals surface area contributed by atoms with Crippen LogP contribution >= 0.6 is 0 Å². The molecular formula is C8H13N3O2. The summed E-state index contributed by atoms with van der Waals surface area (Å²) in [6.07, 6.45) is 1.70. The Morgan fingerprint density at radius 1 is 1.85 bits per heavy atom. The lowest BCUT2D eigenvalue weighted by molar-refractivity contribution is -0.132. The molecule has 0 bridgehead atoms. The summed E-state index contributed by atoms with van der Waals surface area (Å²) in [7, 11) is 1.46. The van der Waals surface area contributed by atoms with Gasteiger partial charge in [-0.25, -0.2) is 0 Å². The summed E-state index contributed by atoms with van der Waals surface area (Å²) in [6.45, 7) is 0.817. The Kier molecular flexibility index (Phi) is 3.68. The second-order valence-electron chi connectivity index (χ2n) is 2.90. The minimum atomic E-state index is -0.244. The monoisotopic (exact) mass is 183 g/mol. The standard InChI is InChI=1S/C8H13N3O2/c1-13-10-6-8(12)11-4-2-3-7(11)5-9/h7,10H,2-4,6H2,1H3. The number of likely N-dealkylation sites (tertiary alicyclic amines) is 1. The van der Waals surface area contributed by atoms with Crippen LogP contribution in [0, 0.1) is 11.3 Å². The molecule has 0 radical (unpaired) electrons. The third kappa shape index (κ3) is 2.41. The highest BCUT2D eigenvalue weighted by atomic mass is 16.6. The molecule has 72 valence electrons. The maximum atomic E-state index is 11.4. The third-order valence-corrected chi connectivity index (χ3v) is 2.09. The molecule has 0 spiro atoms. The van der Waals surface area contributed by atoms with Crippen molar-refractivity contribution in [3.8, 4) is 6.07 Å². The van der Waals surface area contributed by atoms with Crippen molar-refractivity contribution in [1.29, 1.82) is 5.26 Å². The number of amides is 1. The van der Waals surface area contributed by atoms with Gasteiger partial charge in [-0.3, -0.25) is 4.79 Å². The van der Waals surface area contributed by atoms with E-state index < -0.39 is 0 Å². The lowest BCUT2D eigenvalue weighted by Gasteiger charge is -2.18. The molecule has 1 saturated heterocycles. The molecule has 1 rings (SSSR count). The van der Waals surface area contributed by atoms with E-state index in [4.69, 9.17) is 5.26 Å². The number of hydroxylamine groups is 1. The van der Waals surface area contributed by atoms with Crippen LogP contribution in [0.15, 0.2) is 0 Å². The van der Waals surface area contributed by atoms with Gasteiger partial charge in [0.15, 0.2) is 0 Å². The van der Waals surface area contributed by atoms with Crippen LogP contribution in [0.4, 0.5) is 0 Å². The maximum Gasteiger partial charge on any atom is 0.239 e. The first-order valence-electron chi connectivity index (χ1n) is 4.24. The van der Waals surface area contributed by atoms with Crippen molar-refractivity contribution in [2.45, 2.75) is 18.9 Å². The van der Waals surface area contributed by atoms with Gasteiger partial charge in [-0.1, -0.05) is 0 Å². The van der Waals surface area contributed by atoms with E-state index in [1.54, 1.807) is 4.90 Å². The van der Waals surface area contributed by atoms with Crippen molar-refractivity contribution in [1.82, 2.24) is 10.4 Å².